The van der Waals surface area contributed by atoms with Gasteiger partial charge in [0.25, 0.3) is 0 Å². The van der Waals surface area contributed by atoms with Gasteiger partial charge in [0.15, 0.2) is 0 Å². The van der Waals surface area contributed by atoms with E-state index in [2.05, 4.69) is 5.32 Å². The van der Waals surface area contributed by atoms with Crippen molar-refractivity contribution in [1.82, 2.24) is 10.2 Å². The maximum Gasteiger partial charge on any atom is 0.317 e. The van der Waals surface area contributed by atoms with Gasteiger partial charge in [-0.3, -0.25) is 0 Å². The minimum atomic E-state index is 0.121. The molecule has 1 spiro atoms. The molecule has 2 aliphatic heterocycles. The lowest BCUT2D eigenvalue weighted by atomic mass is 9.46. The highest BCUT2D eigenvalue weighted by atomic mass is 16.5. The quantitative estimate of drug-likeness (QED) is 0.855. The molecule has 5 nitrogen and oxygen atoms in total. The number of phenolic OH excluding ortho intramolecular Hbond substituents is 1. The predicted octanol–water partition coefficient (Wildman–Crippen LogP) is 3.24. The van der Waals surface area contributed by atoms with Crippen molar-refractivity contribution in [2.75, 3.05) is 19.7 Å². The minimum absolute atomic E-state index is 0.121. The summed E-state index contributed by atoms with van der Waals surface area (Å²) in [6.45, 7) is 2.48. The summed E-state index contributed by atoms with van der Waals surface area (Å²) in [5.41, 5.74) is 1.52. The van der Waals surface area contributed by atoms with Crippen molar-refractivity contribution >= 4 is 6.03 Å². The van der Waals surface area contributed by atoms with Gasteiger partial charge in [-0.25, -0.2) is 4.79 Å². The van der Waals surface area contributed by atoms with Crippen LogP contribution in [0.5, 0.6) is 5.75 Å². The number of benzene rings is 1. The number of amides is 2. The van der Waals surface area contributed by atoms with Gasteiger partial charge in [0.05, 0.1) is 6.10 Å². The van der Waals surface area contributed by atoms with Crippen molar-refractivity contribution in [3.8, 4) is 5.75 Å². The van der Waals surface area contributed by atoms with Gasteiger partial charge in [-0.2, -0.15) is 0 Å². The Hall–Kier alpha value is -1.75. The van der Waals surface area contributed by atoms with E-state index in [1.165, 1.54) is 24.8 Å². The van der Waals surface area contributed by atoms with Crippen molar-refractivity contribution in [2.45, 2.75) is 56.6 Å². The highest BCUT2D eigenvalue weighted by Gasteiger charge is 2.67. The van der Waals surface area contributed by atoms with Crippen molar-refractivity contribution < 1.29 is 14.6 Å². The summed E-state index contributed by atoms with van der Waals surface area (Å²) in [5, 5.41) is 12.8. The van der Waals surface area contributed by atoms with E-state index >= 15 is 0 Å². The first kappa shape index (κ1) is 16.4. The first-order valence-corrected chi connectivity index (χ1v) is 10.1. The topological polar surface area (TPSA) is 61.8 Å². The Balaban J connectivity index is 1.18. The second-order valence-corrected chi connectivity index (χ2v) is 8.61. The molecule has 4 aliphatic rings. The largest absolute Gasteiger partial charge is 0.508 e. The number of urea groups is 1. The third-order valence-electron chi connectivity index (χ3n) is 7.46. The molecule has 3 atom stereocenters. The molecular weight excluding hydrogens is 328 g/mol. The Morgan fingerprint density at radius 3 is 2.54 bits per heavy atom. The third kappa shape index (κ3) is 2.43. The maximum atomic E-state index is 12.8. The fraction of sp³-hybridized carbons (Fsp3) is 0.667. The van der Waals surface area contributed by atoms with E-state index in [1.54, 1.807) is 12.1 Å². The average molecular weight is 356 g/mol. The predicted molar refractivity (Wildman–Crippen MR) is 98.1 cm³/mol. The fourth-order valence-electron chi connectivity index (χ4n) is 5.84. The molecule has 0 radical (unpaired) electrons. The van der Waals surface area contributed by atoms with Crippen LogP contribution in [0, 0.1) is 11.3 Å². The summed E-state index contributed by atoms with van der Waals surface area (Å²) in [4.78, 5) is 14.8. The summed E-state index contributed by atoms with van der Waals surface area (Å²) < 4.78 is 5.96. The normalized spacial score (nSPS) is 32.6. The fourth-order valence-corrected chi connectivity index (χ4v) is 5.84. The molecule has 2 saturated heterocycles. The van der Waals surface area contributed by atoms with Crippen molar-refractivity contribution in [3.05, 3.63) is 29.8 Å². The van der Waals surface area contributed by atoms with Crippen LogP contribution < -0.4 is 5.32 Å². The Kier molecular flexibility index (Phi) is 3.89. The van der Waals surface area contributed by atoms with E-state index in [-0.39, 0.29) is 11.4 Å². The molecule has 5 heteroatoms. The zero-order valence-corrected chi connectivity index (χ0v) is 15.2. The monoisotopic (exact) mass is 356 g/mol. The molecule has 3 unspecified atom stereocenters. The molecule has 5 rings (SSSR count). The van der Waals surface area contributed by atoms with Crippen molar-refractivity contribution in [1.29, 1.82) is 0 Å². The number of nitrogens with one attached hydrogen (secondary N) is 1. The van der Waals surface area contributed by atoms with Crippen molar-refractivity contribution in [3.63, 3.8) is 0 Å². The standard InChI is InChI=1S/C21H28N2O3/c24-16-4-2-14(3-5-16)15-6-11-23(12-7-15)20(25)22-18-17-8-13-26-19(17)21(18)9-1-10-21/h2-5,15,17-19,24H,1,6-13H2,(H,22,25). The number of piperidine rings is 1. The number of nitrogens with zero attached hydrogens (tertiary/aromatic N) is 1. The minimum Gasteiger partial charge on any atom is -0.508 e. The number of ether oxygens (including phenoxy) is 1. The van der Waals surface area contributed by atoms with E-state index < -0.39 is 0 Å². The number of rotatable bonds is 2. The lowest BCUT2D eigenvalue weighted by molar-refractivity contribution is -0.172. The number of likely N-dealkylation sites (tertiary alicyclic amines) is 1. The summed E-state index contributed by atoms with van der Waals surface area (Å²) in [7, 11) is 0. The molecule has 4 fully saturated rings. The second kappa shape index (κ2) is 6.15. The molecule has 2 heterocycles. The van der Waals surface area contributed by atoms with Gasteiger partial charge in [-0.1, -0.05) is 18.6 Å². The summed E-state index contributed by atoms with van der Waals surface area (Å²) in [6, 6.07) is 7.96. The number of carbonyl (C=O) groups is 1. The maximum absolute atomic E-state index is 12.8. The lowest BCUT2D eigenvalue weighted by Crippen LogP contribution is -2.72. The Morgan fingerprint density at radius 1 is 1.15 bits per heavy atom. The van der Waals surface area contributed by atoms with E-state index in [0.29, 0.717) is 29.7 Å². The van der Waals surface area contributed by atoms with Gasteiger partial charge in [0.2, 0.25) is 0 Å². The number of hydrogen-bond acceptors (Lipinski definition) is 3. The zero-order chi connectivity index (χ0) is 17.7. The van der Waals surface area contributed by atoms with Crippen LogP contribution in [0.15, 0.2) is 24.3 Å². The van der Waals surface area contributed by atoms with Crippen LogP contribution in [-0.2, 0) is 4.74 Å². The molecule has 2 N–H and O–H groups in total. The second-order valence-electron chi connectivity index (χ2n) is 8.61. The van der Waals surface area contributed by atoms with Crippen LogP contribution in [0.3, 0.4) is 0 Å². The lowest BCUT2D eigenvalue weighted by Gasteiger charge is -2.63. The van der Waals surface area contributed by atoms with Crippen LogP contribution in [0.25, 0.3) is 0 Å². The molecular formula is C21H28N2O3. The molecule has 2 aliphatic carbocycles. The van der Waals surface area contributed by atoms with E-state index in [0.717, 1.165) is 39.0 Å². The number of fused-ring (bicyclic) bond motifs is 2. The van der Waals surface area contributed by atoms with Crippen LogP contribution in [0.2, 0.25) is 0 Å². The first-order valence-electron chi connectivity index (χ1n) is 10.1. The van der Waals surface area contributed by atoms with Crippen LogP contribution in [0.1, 0.15) is 50.0 Å². The Labute approximate surface area is 154 Å². The van der Waals surface area contributed by atoms with E-state index in [4.69, 9.17) is 4.74 Å². The van der Waals surface area contributed by atoms with Gasteiger partial charge >= 0.3 is 6.03 Å². The molecule has 2 amide bonds. The summed E-state index contributed by atoms with van der Waals surface area (Å²) >= 11 is 0. The van der Waals surface area contributed by atoms with Gasteiger partial charge in [0, 0.05) is 37.1 Å². The van der Waals surface area contributed by atoms with Gasteiger partial charge in [0.1, 0.15) is 5.75 Å². The molecule has 1 aromatic rings. The Bertz CT molecular complexity index is 677. The van der Waals surface area contributed by atoms with Gasteiger partial charge in [-0.05, 0) is 55.7 Å². The zero-order valence-electron chi connectivity index (χ0n) is 15.2. The molecule has 2 saturated carbocycles. The SMILES string of the molecule is O=C(NC1C2CCOC2C12CCC2)N1CCC(c2ccc(O)cc2)CC1. The van der Waals surface area contributed by atoms with Crippen LogP contribution >= 0.6 is 0 Å². The molecule has 0 bridgehead atoms. The molecule has 1 aromatic carbocycles. The molecule has 140 valence electrons. The highest BCUT2D eigenvalue weighted by molar-refractivity contribution is 5.75. The molecule has 0 aromatic heterocycles. The first-order chi connectivity index (χ1) is 12.7. The number of aromatic hydroxyl groups is 1. The van der Waals surface area contributed by atoms with Crippen molar-refractivity contribution in [2.24, 2.45) is 11.3 Å². The van der Waals surface area contributed by atoms with Crippen LogP contribution in [-0.4, -0.2) is 47.9 Å². The van der Waals surface area contributed by atoms with Gasteiger partial charge in [-0.15, -0.1) is 0 Å². The smallest absolute Gasteiger partial charge is 0.317 e. The number of phenols is 1. The van der Waals surface area contributed by atoms with Gasteiger partial charge < -0.3 is 20.1 Å². The van der Waals surface area contributed by atoms with Crippen LogP contribution in [0.4, 0.5) is 4.79 Å². The van der Waals surface area contributed by atoms with E-state index in [9.17, 15) is 9.90 Å². The van der Waals surface area contributed by atoms with E-state index in [1.807, 2.05) is 17.0 Å². The Morgan fingerprint density at radius 2 is 1.88 bits per heavy atom. The number of carbonyl (C=O) groups excluding carboxylic acids is 1. The highest BCUT2D eigenvalue weighted by Crippen LogP contribution is 2.62. The third-order valence-corrected chi connectivity index (χ3v) is 7.46. The molecule has 26 heavy (non-hydrogen) atoms. The average Bonchev–Trinajstić information content (AvgIpc) is 3.04. The number of hydrogen-bond donors (Lipinski definition) is 2. The summed E-state index contributed by atoms with van der Waals surface area (Å²) in [5.74, 6) is 1.33. The summed E-state index contributed by atoms with van der Waals surface area (Å²) in [6.07, 6.45) is 7.18.